The van der Waals surface area contributed by atoms with E-state index in [1.165, 1.54) is 39.1 Å². The van der Waals surface area contributed by atoms with Crippen molar-refractivity contribution < 1.29 is 21.1 Å². The van der Waals surface area contributed by atoms with E-state index in [2.05, 4.69) is 158 Å². The molecule has 52 heavy (non-hydrogen) atoms. The molecule has 0 fully saturated rings. The Morgan fingerprint density at radius 2 is 1.44 bits per heavy atom. The molecular formula is C45H40N6Pt. The zero-order chi connectivity index (χ0) is 35.6. The van der Waals surface area contributed by atoms with Crippen LogP contribution in [0.15, 0.2) is 115 Å². The van der Waals surface area contributed by atoms with E-state index in [0.717, 1.165) is 44.6 Å². The first-order valence-electron chi connectivity index (χ1n) is 17.1. The largest absolute Gasteiger partial charge is 4.00 e. The third kappa shape index (κ3) is 7.29. The molecule has 0 atom stereocenters. The zero-order valence-corrected chi connectivity index (χ0v) is 32.4. The number of benzene rings is 6. The number of fused-ring (bicyclic) bond motifs is 4. The van der Waals surface area contributed by atoms with Crippen LogP contribution in [0.2, 0.25) is 0 Å². The molecule has 1 N–H and O–H groups in total. The second kappa shape index (κ2) is 15.4. The fourth-order valence-corrected chi connectivity index (χ4v) is 7.04. The summed E-state index contributed by atoms with van der Waals surface area (Å²) in [5.74, 6) is 0. The van der Waals surface area contributed by atoms with E-state index < -0.39 is 0 Å². The first-order valence-corrected chi connectivity index (χ1v) is 17.1. The van der Waals surface area contributed by atoms with Gasteiger partial charge in [-0.25, -0.2) is 0 Å². The van der Waals surface area contributed by atoms with Gasteiger partial charge in [0, 0.05) is 17.1 Å². The van der Waals surface area contributed by atoms with Crippen LogP contribution in [0, 0.1) is 58.4 Å². The Hall–Kier alpha value is -5.50. The van der Waals surface area contributed by atoms with E-state index in [-0.39, 0.29) is 21.1 Å². The molecule has 0 radical (unpaired) electrons. The average molecular weight is 860 g/mol. The number of hydrogen-bond donors (Lipinski definition) is 1. The quantitative estimate of drug-likeness (QED) is 0.168. The normalized spacial score (nSPS) is 11.8. The third-order valence-corrected chi connectivity index (χ3v) is 9.36. The molecule has 0 spiro atoms. The van der Waals surface area contributed by atoms with Gasteiger partial charge in [-0.1, -0.05) is 78.4 Å². The van der Waals surface area contributed by atoms with Crippen LogP contribution < -0.4 is 25.0 Å². The van der Waals surface area contributed by atoms with Crippen molar-refractivity contribution in [2.45, 2.75) is 27.7 Å². The summed E-state index contributed by atoms with van der Waals surface area (Å²) in [7, 11) is 4.15. The molecule has 6 aromatic carbocycles. The van der Waals surface area contributed by atoms with Crippen LogP contribution in [-0.2, 0) is 21.1 Å². The first-order chi connectivity index (χ1) is 24.7. The maximum absolute atomic E-state index is 8.84. The zero-order valence-electron chi connectivity index (χ0n) is 30.2. The predicted octanol–water partition coefficient (Wildman–Crippen LogP) is 10.6. The van der Waals surface area contributed by atoms with Gasteiger partial charge in [0.25, 0.3) is 0 Å². The summed E-state index contributed by atoms with van der Waals surface area (Å²) in [4.78, 5) is 11.0. The molecule has 0 amide bonds. The fourth-order valence-electron chi connectivity index (χ4n) is 7.04. The van der Waals surface area contributed by atoms with Gasteiger partial charge in [0.05, 0.1) is 11.6 Å². The summed E-state index contributed by atoms with van der Waals surface area (Å²) >= 11 is 0. The maximum Gasteiger partial charge on any atom is 4.00 e. The molecule has 0 aliphatic carbocycles. The molecule has 0 unspecified atom stereocenters. The Bertz CT molecular complexity index is 2400. The molecule has 6 nitrogen and oxygen atoms in total. The minimum Gasteiger partial charge on any atom is -0.657 e. The standard InChI is InChI=1S/C32H33N4.C13H7N2.Pt/c1-22-15-24(3)32(25(4)16-22)26-17-27(33-20-34(5)29-12-8-7-11-23(29)2)19-28(18-26)36-21-35(6)30-13-9-10-14-31(30)36;14-8-9-5-6-13-11(7-9)10-3-1-2-4-12(10)15-13;/h7-18,20-21,33H,1-6H3;1-7H;/q-3;-1;+4. The van der Waals surface area contributed by atoms with Gasteiger partial charge in [-0.05, 0) is 105 Å². The molecule has 0 saturated heterocycles. The van der Waals surface area contributed by atoms with E-state index >= 15 is 0 Å². The van der Waals surface area contributed by atoms with Crippen LogP contribution in [0.4, 0.5) is 28.4 Å². The van der Waals surface area contributed by atoms with Crippen molar-refractivity contribution in [3.05, 3.63) is 162 Å². The Morgan fingerprint density at radius 3 is 2.19 bits per heavy atom. The maximum atomic E-state index is 8.84. The number of nitrogens with one attached hydrogen (secondary N) is 1. The van der Waals surface area contributed by atoms with Crippen molar-refractivity contribution >= 4 is 50.2 Å². The molecule has 2 heterocycles. The Balaban J connectivity index is 0.000000241. The monoisotopic (exact) mass is 859 g/mol. The van der Waals surface area contributed by atoms with E-state index in [9.17, 15) is 0 Å². The molecule has 8 rings (SSSR count). The molecule has 1 aliphatic rings. The van der Waals surface area contributed by atoms with E-state index in [1.54, 1.807) is 6.07 Å². The van der Waals surface area contributed by atoms with Crippen molar-refractivity contribution in [2.75, 3.05) is 34.1 Å². The van der Waals surface area contributed by atoms with Gasteiger partial charge in [-0.15, -0.1) is 46.2 Å². The molecular weight excluding hydrogens is 820 g/mol. The summed E-state index contributed by atoms with van der Waals surface area (Å²) < 4.78 is 0. The second-order valence-corrected chi connectivity index (χ2v) is 13.2. The molecule has 7 aromatic rings. The molecule has 1 aliphatic heterocycles. The van der Waals surface area contributed by atoms with Crippen molar-refractivity contribution in [3.8, 4) is 17.2 Å². The van der Waals surface area contributed by atoms with Crippen LogP contribution in [0.25, 0.3) is 32.9 Å². The van der Waals surface area contributed by atoms with E-state index in [1.807, 2.05) is 43.1 Å². The Morgan fingerprint density at radius 1 is 0.769 bits per heavy atom. The van der Waals surface area contributed by atoms with Crippen LogP contribution in [-0.4, -0.2) is 14.1 Å². The number of anilines is 5. The average Bonchev–Trinajstić information content (AvgIpc) is 3.67. The van der Waals surface area contributed by atoms with Gasteiger partial charge in [-0.3, -0.25) is 0 Å². The number of hydrogen-bond acceptors (Lipinski definition) is 5. The van der Waals surface area contributed by atoms with Crippen molar-refractivity contribution in [2.24, 2.45) is 0 Å². The summed E-state index contributed by atoms with van der Waals surface area (Å²) in [6, 6.07) is 45.2. The second-order valence-electron chi connectivity index (χ2n) is 13.2. The van der Waals surface area contributed by atoms with Gasteiger partial charge in [0.2, 0.25) is 0 Å². The smallest absolute Gasteiger partial charge is 0.657 e. The number of rotatable bonds is 6. The van der Waals surface area contributed by atoms with Crippen LogP contribution in [0.5, 0.6) is 0 Å². The summed E-state index contributed by atoms with van der Waals surface area (Å²) in [6.07, 6.45) is 0. The van der Waals surface area contributed by atoms with Gasteiger partial charge in [0.15, 0.2) is 0 Å². The topological polar surface area (TPSA) is 59.6 Å². The molecule has 7 heteroatoms. The Labute approximate surface area is 321 Å². The number of aromatic nitrogens is 1. The van der Waals surface area contributed by atoms with Crippen molar-refractivity contribution in [1.29, 1.82) is 5.26 Å². The molecule has 0 saturated carbocycles. The van der Waals surface area contributed by atoms with Crippen molar-refractivity contribution in [3.63, 3.8) is 0 Å². The van der Waals surface area contributed by atoms with Gasteiger partial charge in [-0.2, -0.15) is 18.6 Å². The SMILES string of the molecule is Cc1cc(C)c(-c2cc(N[CH-]N(C)c3ccccc3C)[c-]c(N3[CH-]N(C)c4ccccc43)c2)c(C)c1.N#Cc1ccc2[n-]c3ccccc3c2c1.[Pt+4]. The van der Waals surface area contributed by atoms with Crippen LogP contribution >= 0.6 is 0 Å². The van der Waals surface area contributed by atoms with Crippen LogP contribution in [0.3, 0.4) is 0 Å². The number of nitrogens with zero attached hydrogens (tertiary/aromatic N) is 5. The minimum absolute atomic E-state index is 0. The minimum atomic E-state index is 0. The van der Waals surface area contributed by atoms with Crippen molar-refractivity contribution in [1.82, 2.24) is 4.98 Å². The summed E-state index contributed by atoms with van der Waals surface area (Å²) in [5.41, 5.74) is 15.5. The van der Waals surface area contributed by atoms with Gasteiger partial charge >= 0.3 is 21.1 Å². The van der Waals surface area contributed by atoms with Crippen LogP contribution in [0.1, 0.15) is 27.8 Å². The number of aryl methyl sites for hydroxylation is 4. The summed E-state index contributed by atoms with van der Waals surface area (Å²) in [6.45, 7) is 12.8. The molecule has 0 bridgehead atoms. The van der Waals surface area contributed by atoms with E-state index in [4.69, 9.17) is 5.26 Å². The van der Waals surface area contributed by atoms with Gasteiger partial charge < -0.3 is 25.0 Å². The summed E-state index contributed by atoms with van der Waals surface area (Å²) in [5, 5.41) is 14.5. The van der Waals surface area contributed by atoms with Gasteiger partial charge in [0.1, 0.15) is 0 Å². The number of nitriles is 1. The third-order valence-electron chi connectivity index (χ3n) is 9.36. The molecule has 1 aromatic heterocycles. The molecule has 260 valence electrons. The first kappa shape index (κ1) is 36.3. The Kier molecular flexibility index (Phi) is 10.7. The van der Waals surface area contributed by atoms with E-state index in [0.29, 0.717) is 5.56 Å². The predicted molar refractivity (Wildman–Crippen MR) is 213 cm³/mol. The fraction of sp³-hybridized carbons (Fsp3) is 0.133. The number of para-hydroxylation sites is 4.